The summed E-state index contributed by atoms with van der Waals surface area (Å²) in [5, 5.41) is 10.7. The quantitative estimate of drug-likeness (QED) is 0.722. The summed E-state index contributed by atoms with van der Waals surface area (Å²) in [7, 11) is 0. The van der Waals surface area contributed by atoms with Gasteiger partial charge in [-0.3, -0.25) is 4.98 Å². The number of halogens is 1. The zero-order chi connectivity index (χ0) is 14.7. The number of pyridine rings is 1. The highest BCUT2D eigenvalue weighted by atomic mass is 35.5. The number of nitrogens with zero attached hydrogens (tertiary/aromatic N) is 2. The number of nitriles is 1. The third-order valence-electron chi connectivity index (χ3n) is 3.19. The second-order valence-electron chi connectivity index (χ2n) is 4.53. The van der Waals surface area contributed by atoms with E-state index in [1.165, 1.54) is 0 Å². The number of fused-ring (bicyclic) bond motifs is 1. The minimum absolute atomic E-state index is 0.359. The summed E-state index contributed by atoms with van der Waals surface area (Å²) in [5.41, 5.74) is 2.41. The Labute approximate surface area is 127 Å². The fourth-order valence-corrected chi connectivity index (χ4v) is 2.31. The lowest BCUT2D eigenvalue weighted by atomic mass is 10.1. The molecule has 1 aromatic heterocycles. The first-order valence-corrected chi connectivity index (χ1v) is 6.81. The molecule has 0 bridgehead atoms. The van der Waals surface area contributed by atoms with Crippen molar-refractivity contribution in [2.45, 2.75) is 6.61 Å². The predicted molar refractivity (Wildman–Crippen MR) is 82.2 cm³/mol. The average molecular weight is 295 g/mol. The van der Waals surface area contributed by atoms with Gasteiger partial charge in [0.1, 0.15) is 18.4 Å². The molecule has 3 rings (SSSR count). The number of hydrogen-bond acceptors (Lipinski definition) is 3. The van der Waals surface area contributed by atoms with Crippen molar-refractivity contribution in [3.63, 3.8) is 0 Å². The van der Waals surface area contributed by atoms with Crippen LogP contribution in [0.5, 0.6) is 5.75 Å². The standard InChI is InChI=1S/C17H11ClN2O/c18-14-6-5-12(10-19)17(9-14)21-11-13-7-8-20-16-4-2-1-3-15(13)16/h1-9H,11H2. The molecule has 0 atom stereocenters. The number of hydrogen-bond donors (Lipinski definition) is 0. The van der Waals surface area contributed by atoms with E-state index in [9.17, 15) is 0 Å². The summed E-state index contributed by atoms with van der Waals surface area (Å²) in [5.74, 6) is 0.492. The highest BCUT2D eigenvalue weighted by molar-refractivity contribution is 6.30. The summed E-state index contributed by atoms with van der Waals surface area (Å²) >= 11 is 5.95. The second-order valence-corrected chi connectivity index (χ2v) is 4.96. The Kier molecular flexibility index (Phi) is 3.72. The molecule has 102 valence electrons. The van der Waals surface area contributed by atoms with Crippen molar-refractivity contribution in [3.05, 3.63) is 70.9 Å². The smallest absolute Gasteiger partial charge is 0.139 e. The van der Waals surface area contributed by atoms with E-state index in [0.717, 1.165) is 16.5 Å². The molecule has 0 fully saturated rings. The van der Waals surface area contributed by atoms with Crippen LogP contribution in [0.25, 0.3) is 10.9 Å². The van der Waals surface area contributed by atoms with Crippen LogP contribution < -0.4 is 4.74 Å². The largest absolute Gasteiger partial charge is 0.487 e. The zero-order valence-corrected chi connectivity index (χ0v) is 11.8. The van der Waals surface area contributed by atoms with Crippen LogP contribution in [0.1, 0.15) is 11.1 Å². The van der Waals surface area contributed by atoms with Crippen molar-refractivity contribution in [3.8, 4) is 11.8 Å². The van der Waals surface area contributed by atoms with Crippen LogP contribution in [0.3, 0.4) is 0 Å². The monoisotopic (exact) mass is 294 g/mol. The van der Waals surface area contributed by atoms with Crippen LogP contribution in [0, 0.1) is 11.3 Å². The predicted octanol–water partition coefficient (Wildman–Crippen LogP) is 4.34. The van der Waals surface area contributed by atoms with E-state index in [4.69, 9.17) is 21.6 Å². The zero-order valence-electron chi connectivity index (χ0n) is 11.1. The molecule has 0 N–H and O–H groups in total. The Hall–Kier alpha value is -2.57. The molecule has 0 spiro atoms. The first-order chi connectivity index (χ1) is 10.3. The molecule has 0 saturated carbocycles. The van der Waals surface area contributed by atoms with Gasteiger partial charge < -0.3 is 4.74 Å². The van der Waals surface area contributed by atoms with Crippen LogP contribution in [-0.4, -0.2) is 4.98 Å². The number of ether oxygens (including phenoxy) is 1. The van der Waals surface area contributed by atoms with Crippen LogP contribution in [0.2, 0.25) is 5.02 Å². The summed E-state index contributed by atoms with van der Waals surface area (Å²) in [6, 6.07) is 16.9. The average Bonchev–Trinajstić information content (AvgIpc) is 2.53. The lowest BCUT2D eigenvalue weighted by molar-refractivity contribution is 0.307. The molecule has 4 heteroatoms. The lowest BCUT2D eigenvalue weighted by Gasteiger charge is -2.10. The van der Waals surface area contributed by atoms with Gasteiger partial charge in [-0.15, -0.1) is 0 Å². The van der Waals surface area contributed by atoms with Crippen molar-refractivity contribution in [2.24, 2.45) is 0 Å². The third-order valence-corrected chi connectivity index (χ3v) is 3.42. The lowest BCUT2D eigenvalue weighted by Crippen LogP contribution is -1.98. The van der Waals surface area contributed by atoms with Crippen LogP contribution >= 0.6 is 11.6 Å². The number of benzene rings is 2. The van der Waals surface area contributed by atoms with Crippen molar-refractivity contribution < 1.29 is 4.74 Å². The van der Waals surface area contributed by atoms with Gasteiger partial charge in [0, 0.05) is 28.2 Å². The fraction of sp³-hybridized carbons (Fsp3) is 0.0588. The van der Waals surface area contributed by atoms with E-state index < -0.39 is 0 Å². The molecule has 3 aromatic rings. The van der Waals surface area contributed by atoms with Gasteiger partial charge in [-0.1, -0.05) is 29.8 Å². The molecule has 3 nitrogen and oxygen atoms in total. The second kappa shape index (κ2) is 5.82. The molecular formula is C17H11ClN2O. The third kappa shape index (κ3) is 2.81. The van der Waals surface area contributed by atoms with Gasteiger partial charge in [-0.05, 0) is 24.3 Å². The SMILES string of the molecule is N#Cc1ccc(Cl)cc1OCc1ccnc2ccccc12. The van der Waals surface area contributed by atoms with Crippen molar-refractivity contribution in [1.29, 1.82) is 5.26 Å². The molecule has 2 aromatic carbocycles. The van der Waals surface area contributed by atoms with Crippen molar-refractivity contribution in [2.75, 3.05) is 0 Å². The van der Waals surface area contributed by atoms with Gasteiger partial charge in [0.2, 0.25) is 0 Å². The maximum Gasteiger partial charge on any atom is 0.139 e. The normalized spacial score (nSPS) is 10.3. The minimum Gasteiger partial charge on any atom is -0.487 e. The van der Waals surface area contributed by atoms with E-state index >= 15 is 0 Å². The summed E-state index contributed by atoms with van der Waals surface area (Å²) < 4.78 is 5.77. The number of rotatable bonds is 3. The number of para-hydroxylation sites is 1. The van der Waals surface area contributed by atoms with Gasteiger partial charge in [0.05, 0.1) is 11.1 Å². The molecule has 0 amide bonds. The Morgan fingerprint density at radius 1 is 1.14 bits per heavy atom. The van der Waals surface area contributed by atoms with Gasteiger partial charge in [-0.2, -0.15) is 5.26 Å². The van der Waals surface area contributed by atoms with Gasteiger partial charge in [0.15, 0.2) is 0 Å². The molecule has 0 aliphatic carbocycles. The van der Waals surface area contributed by atoms with Crippen LogP contribution in [0.15, 0.2) is 54.7 Å². The topological polar surface area (TPSA) is 45.9 Å². The first kappa shape index (κ1) is 13.4. The minimum atomic E-state index is 0.359. The highest BCUT2D eigenvalue weighted by Gasteiger charge is 2.06. The molecule has 0 aliphatic rings. The maximum atomic E-state index is 9.10. The number of aromatic nitrogens is 1. The Morgan fingerprint density at radius 2 is 2.00 bits per heavy atom. The van der Waals surface area contributed by atoms with E-state index in [0.29, 0.717) is 22.9 Å². The van der Waals surface area contributed by atoms with E-state index in [2.05, 4.69) is 11.1 Å². The molecular weight excluding hydrogens is 284 g/mol. The molecule has 1 heterocycles. The first-order valence-electron chi connectivity index (χ1n) is 6.43. The van der Waals surface area contributed by atoms with E-state index in [1.54, 1.807) is 24.4 Å². The van der Waals surface area contributed by atoms with E-state index in [-0.39, 0.29) is 0 Å². The van der Waals surface area contributed by atoms with Crippen molar-refractivity contribution in [1.82, 2.24) is 4.98 Å². The van der Waals surface area contributed by atoms with Gasteiger partial charge in [0.25, 0.3) is 0 Å². The van der Waals surface area contributed by atoms with Crippen LogP contribution in [-0.2, 0) is 6.61 Å². The van der Waals surface area contributed by atoms with Crippen LogP contribution in [0.4, 0.5) is 0 Å². The summed E-state index contributed by atoms with van der Waals surface area (Å²) in [6.45, 7) is 0.359. The Morgan fingerprint density at radius 3 is 2.86 bits per heavy atom. The summed E-state index contributed by atoms with van der Waals surface area (Å²) in [4.78, 5) is 4.32. The molecule has 21 heavy (non-hydrogen) atoms. The molecule has 0 unspecified atom stereocenters. The molecule has 0 radical (unpaired) electrons. The molecule has 0 saturated heterocycles. The van der Waals surface area contributed by atoms with Crippen molar-refractivity contribution >= 4 is 22.5 Å². The van der Waals surface area contributed by atoms with Gasteiger partial charge in [-0.25, -0.2) is 0 Å². The van der Waals surface area contributed by atoms with E-state index in [1.807, 2.05) is 30.3 Å². The Balaban J connectivity index is 1.91. The van der Waals surface area contributed by atoms with Gasteiger partial charge >= 0.3 is 0 Å². The molecule has 0 aliphatic heterocycles. The fourth-order valence-electron chi connectivity index (χ4n) is 2.14. The summed E-state index contributed by atoms with van der Waals surface area (Å²) in [6.07, 6.45) is 1.75. The maximum absolute atomic E-state index is 9.10. The highest BCUT2D eigenvalue weighted by Crippen LogP contribution is 2.25. The Bertz CT molecular complexity index is 834.